The zero-order valence-electron chi connectivity index (χ0n) is 16.6. The average molecular weight is 499 g/mol. The van der Waals surface area contributed by atoms with Gasteiger partial charge in [0.25, 0.3) is 5.91 Å². The van der Waals surface area contributed by atoms with E-state index in [2.05, 4.69) is 26.1 Å². The molecule has 163 valence electrons. The first-order valence-corrected chi connectivity index (χ1v) is 10.8. The van der Waals surface area contributed by atoms with E-state index in [1.165, 1.54) is 22.8 Å². The number of esters is 1. The molecule has 3 amide bonds. The largest absolute Gasteiger partial charge is 0.463 e. The molecule has 11 nitrogen and oxygen atoms in total. The molecule has 0 aliphatic carbocycles. The van der Waals surface area contributed by atoms with Crippen LogP contribution in [0.1, 0.15) is 12.6 Å². The minimum atomic E-state index is -0.771. The SMILES string of the molecule is CCOC(=O)/C=C/S[C@@H]1NC(=O)[C@H]1NC(=O)C=NOCc1csc(NC(=O)CCl)n1.[Na]. The predicted molar refractivity (Wildman–Crippen MR) is 118 cm³/mol. The number of hydrogen-bond donors (Lipinski definition) is 3. The van der Waals surface area contributed by atoms with Gasteiger partial charge in [-0.25, -0.2) is 9.78 Å². The van der Waals surface area contributed by atoms with E-state index < -0.39 is 23.3 Å². The van der Waals surface area contributed by atoms with Gasteiger partial charge in [-0.2, -0.15) is 0 Å². The van der Waals surface area contributed by atoms with E-state index in [1.807, 2.05) is 0 Å². The van der Waals surface area contributed by atoms with Crippen LogP contribution in [0.4, 0.5) is 5.13 Å². The summed E-state index contributed by atoms with van der Waals surface area (Å²) < 4.78 is 4.74. The number of halogens is 1. The number of ether oxygens (including phenoxy) is 1. The van der Waals surface area contributed by atoms with Crippen molar-refractivity contribution in [3.05, 3.63) is 22.6 Å². The van der Waals surface area contributed by atoms with Gasteiger partial charge in [0.15, 0.2) is 11.7 Å². The van der Waals surface area contributed by atoms with Crippen LogP contribution in [-0.4, -0.2) is 88.3 Å². The molecule has 3 N–H and O–H groups in total. The van der Waals surface area contributed by atoms with E-state index in [0.29, 0.717) is 10.8 Å². The number of alkyl halides is 1. The number of nitrogens with zero attached hydrogens (tertiary/aromatic N) is 2. The van der Waals surface area contributed by atoms with Gasteiger partial charge >= 0.3 is 5.97 Å². The molecular formula is C16H18ClN5NaO6S2. The van der Waals surface area contributed by atoms with Crippen LogP contribution in [0.25, 0.3) is 0 Å². The minimum Gasteiger partial charge on any atom is -0.463 e. The zero-order valence-corrected chi connectivity index (χ0v) is 21.0. The molecule has 2 heterocycles. The van der Waals surface area contributed by atoms with Crippen LogP contribution in [0.15, 0.2) is 22.0 Å². The van der Waals surface area contributed by atoms with Crippen LogP contribution in [0.2, 0.25) is 0 Å². The maximum Gasteiger partial charge on any atom is 0.331 e. The molecule has 31 heavy (non-hydrogen) atoms. The molecule has 0 aromatic carbocycles. The van der Waals surface area contributed by atoms with E-state index in [4.69, 9.17) is 21.2 Å². The van der Waals surface area contributed by atoms with Crippen LogP contribution in [-0.2, 0) is 35.4 Å². The molecule has 15 heteroatoms. The second kappa shape index (κ2) is 14.4. The number of hydrogen-bond acceptors (Lipinski definition) is 10. The number of carbonyl (C=O) groups excluding carboxylic acids is 4. The molecular weight excluding hydrogens is 481 g/mol. The Bertz CT molecular complexity index is 852. The summed E-state index contributed by atoms with van der Waals surface area (Å²) in [4.78, 5) is 55.0. The van der Waals surface area contributed by atoms with E-state index in [1.54, 1.807) is 12.3 Å². The summed E-state index contributed by atoms with van der Waals surface area (Å²) in [6, 6.07) is -0.771. The van der Waals surface area contributed by atoms with Gasteiger partial charge in [-0.3, -0.25) is 14.4 Å². The second-order valence-corrected chi connectivity index (χ2v) is 7.62. The Morgan fingerprint density at radius 2 is 2.23 bits per heavy atom. The van der Waals surface area contributed by atoms with Gasteiger partial charge in [0, 0.05) is 41.0 Å². The zero-order chi connectivity index (χ0) is 21.9. The van der Waals surface area contributed by atoms with Crippen molar-refractivity contribution in [1.29, 1.82) is 0 Å². The third-order valence-corrected chi connectivity index (χ3v) is 5.29. The Balaban J connectivity index is 0.00000480. The summed E-state index contributed by atoms with van der Waals surface area (Å²) in [5.41, 5.74) is 0.505. The van der Waals surface area contributed by atoms with Crippen LogP contribution in [0, 0.1) is 0 Å². The molecule has 2 rings (SSSR count). The monoisotopic (exact) mass is 498 g/mol. The smallest absolute Gasteiger partial charge is 0.331 e. The Hall–Kier alpha value is -1.64. The number of aromatic nitrogens is 1. The summed E-state index contributed by atoms with van der Waals surface area (Å²) in [7, 11) is 0. The maximum atomic E-state index is 11.9. The van der Waals surface area contributed by atoms with E-state index in [-0.39, 0.29) is 60.5 Å². The van der Waals surface area contributed by atoms with E-state index >= 15 is 0 Å². The number of thioether (sulfide) groups is 1. The van der Waals surface area contributed by atoms with E-state index in [9.17, 15) is 19.2 Å². The van der Waals surface area contributed by atoms with Gasteiger partial charge in [-0.05, 0) is 12.3 Å². The number of carbonyl (C=O) groups is 4. The fourth-order valence-corrected chi connectivity index (χ4v) is 3.61. The molecule has 0 spiro atoms. The fraction of sp³-hybridized carbons (Fsp3) is 0.375. The van der Waals surface area contributed by atoms with Crippen LogP contribution in [0.3, 0.4) is 0 Å². The number of nitrogens with one attached hydrogen (secondary N) is 3. The Kier molecular flexibility index (Phi) is 12.7. The van der Waals surface area contributed by atoms with Gasteiger partial charge in [-0.1, -0.05) is 5.16 Å². The Morgan fingerprint density at radius 1 is 1.45 bits per heavy atom. The molecule has 0 unspecified atom stereocenters. The number of β-lactam (4-membered cyclic amide) rings is 1. The van der Waals surface area contributed by atoms with Crippen LogP contribution in [0.5, 0.6) is 0 Å². The van der Waals surface area contributed by atoms with Crippen molar-refractivity contribution in [3.8, 4) is 0 Å². The van der Waals surface area contributed by atoms with Gasteiger partial charge < -0.3 is 25.5 Å². The second-order valence-electron chi connectivity index (χ2n) is 5.44. The van der Waals surface area contributed by atoms with Gasteiger partial charge in [-0.15, -0.1) is 34.7 Å². The normalized spacial score (nSPS) is 17.4. The standard InChI is InChI=1S/C16H18ClN5O6S2.Na/c1-2-27-12(25)3-4-29-15-13(14(26)22-15)20-11(24)6-18-28-7-9-8-30-16(19-9)21-10(23)5-17;/h3-4,6,8,13,15H,2,5,7H2,1H3,(H,20,24)(H,22,26)(H,19,21,23);/b4-3+,18-6?;/t13-,15+;/m1./s1. The van der Waals surface area contributed by atoms with E-state index in [0.717, 1.165) is 18.0 Å². The first-order valence-electron chi connectivity index (χ1n) is 8.48. The number of oxime groups is 1. The van der Waals surface area contributed by atoms with Gasteiger partial charge in [0.1, 0.15) is 23.5 Å². The first kappa shape index (κ1) is 27.4. The molecule has 1 aromatic rings. The van der Waals surface area contributed by atoms with Crippen molar-refractivity contribution >= 4 is 99.3 Å². The van der Waals surface area contributed by atoms with Crippen molar-refractivity contribution in [3.63, 3.8) is 0 Å². The molecule has 1 aliphatic rings. The molecule has 1 aromatic heterocycles. The summed E-state index contributed by atoms with van der Waals surface area (Å²) in [6.45, 7) is 1.94. The van der Waals surface area contributed by atoms with Crippen molar-refractivity contribution < 1.29 is 28.8 Å². The molecule has 1 fully saturated rings. The van der Waals surface area contributed by atoms with Gasteiger partial charge in [0.05, 0.1) is 12.3 Å². The summed E-state index contributed by atoms with van der Waals surface area (Å²) in [6.07, 6.45) is 2.13. The number of amides is 3. The predicted octanol–water partition coefficient (Wildman–Crippen LogP) is 0.193. The average Bonchev–Trinajstić information content (AvgIpc) is 3.16. The molecule has 1 saturated heterocycles. The van der Waals surface area contributed by atoms with Crippen molar-refractivity contribution in [2.75, 3.05) is 17.8 Å². The minimum absolute atomic E-state index is 0. The summed E-state index contributed by atoms with van der Waals surface area (Å²) in [5, 5.41) is 14.2. The van der Waals surface area contributed by atoms with Crippen molar-refractivity contribution in [1.82, 2.24) is 15.6 Å². The van der Waals surface area contributed by atoms with Crippen molar-refractivity contribution in [2.24, 2.45) is 5.16 Å². The molecule has 1 aliphatic heterocycles. The Morgan fingerprint density at radius 3 is 2.90 bits per heavy atom. The third kappa shape index (κ3) is 9.58. The first-order chi connectivity index (χ1) is 14.4. The Labute approximate surface area is 213 Å². The molecule has 2 atom stereocenters. The summed E-state index contributed by atoms with van der Waals surface area (Å²) >= 11 is 7.74. The van der Waals surface area contributed by atoms with Crippen LogP contribution >= 0.6 is 34.7 Å². The third-order valence-electron chi connectivity index (χ3n) is 3.26. The molecule has 1 radical (unpaired) electrons. The summed E-state index contributed by atoms with van der Waals surface area (Å²) in [5.74, 6) is -2.02. The quantitative estimate of drug-likeness (QED) is 0.0745. The fourth-order valence-electron chi connectivity index (χ4n) is 1.94. The van der Waals surface area contributed by atoms with Gasteiger partial charge in [0.2, 0.25) is 11.8 Å². The number of anilines is 1. The number of thiazole rings is 1. The maximum absolute atomic E-state index is 11.9. The van der Waals surface area contributed by atoms with Crippen molar-refractivity contribution in [2.45, 2.75) is 24.9 Å². The molecule has 0 saturated carbocycles. The molecule has 0 bridgehead atoms. The topological polar surface area (TPSA) is 148 Å². The number of rotatable bonds is 11. The van der Waals surface area contributed by atoms with Crippen LogP contribution < -0.4 is 16.0 Å².